The van der Waals surface area contributed by atoms with Crippen molar-refractivity contribution in [1.82, 2.24) is 14.8 Å². The quantitative estimate of drug-likeness (QED) is 0.736. The van der Waals surface area contributed by atoms with Gasteiger partial charge in [0, 0.05) is 13.0 Å². The number of aromatic nitrogens is 3. The van der Waals surface area contributed by atoms with Gasteiger partial charge in [-0.05, 0) is 12.8 Å². The fourth-order valence-corrected chi connectivity index (χ4v) is 1.89. The molecular weight excluding hydrogens is 242 g/mol. The van der Waals surface area contributed by atoms with Gasteiger partial charge in [-0.2, -0.15) is 0 Å². The second-order valence-electron chi connectivity index (χ2n) is 3.42. The molecule has 80 valence electrons. The average Bonchev–Trinajstić information content (AvgIpc) is 2.58. The Labute approximate surface area is 94.0 Å². The van der Waals surface area contributed by atoms with E-state index < -0.39 is 0 Å². The number of hydrogen-bond donors (Lipinski definition) is 0. The minimum atomic E-state index is 0.798. The SMILES string of the molecule is CCCCc1nnc(CBr)n1CCC. The summed E-state index contributed by atoms with van der Waals surface area (Å²) in [6.07, 6.45) is 4.60. The second-order valence-corrected chi connectivity index (χ2v) is 3.98. The third-order valence-electron chi connectivity index (χ3n) is 2.22. The van der Waals surface area contributed by atoms with E-state index in [2.05, 4.69) is 44.5 Å². The monoisotopic (exact) mass is 259 g/mol. The normalized spacial score (nSPS) is 10.8. The molecule has 0 aromatic carbocycles. The van der Waals surface area contributed by atoms with Crippen LogP contribution >= 0.6 is 15.9 Å². The Hall–Kier alpha value is -0.380. The number of halogens is 1. The molecule has 0 aliphatic rings. The van der Waals surface area contributed by atoms with Crippen molar-refractivity contribution >= 4 is 15.9 Å². The fourth-order valence-electron chi connectivity index (χ4n) is 1.47. The van der Waals surface area contributed by atoms with E-state index in [0.29, 0.717) is 0 Å². The topological polar surface area (TPSA) is 30.7 Å². The molecule has 0 radical (unpaired) electrons. The van der Waals surface area contributed by atoms with Crippen LogP contribution in [-0.2, 0) is 18.3 Å². The maximum absolute atomic E-state index is 4.23. The van der Waals surface area contributed by atoms with Gasteiger partial charge < -0.3 is 4.57 Å². The summed E-state index contributed by atoms with van der Waals surface area (Å²) >= 11 is 3.44. The van der Waals surface area contributed by atoms with Crippen molar-refractivity contribution in [3.8, 4) is 0 Å². The molecule has 0 N–H and O–H groups in total. The molecule has 0 bridgehead atoms. The van der Waals surface area contributed by atoms with E-state index >= 15 is 0 Å². The third-order valence-corrected chi connectivity index (χ3v) is 2.73. The summed E-state index contributed by atoms with van der Waals surface area (Å²) in [7, 11) is 0. The number of rotatable bonds is 6. The molecule has 0 spiro atoms. The smallest absolute Gasteiger partial charge is 0.143 e. The minimum absolute atomic E-state index is 0.798. The van der Waals surface area contributed by atoms with Crippen molar-refractivity contribution in [3.05, 3.63) is 11.6 Å². The highest BCUT2D eigenvalue weighted by molar-refractivity contribution is 9.08. The van der Waals surface area contributed by atoms with Gasteiger partial charge in [-0.3, -0.25) is 0 Å². The second kappa shape index (κ2) is 6.17. The van der Waals surface area contributed by atoms with Crippen LogP contribution in [0.3, 0.4) is 0 Å². The highest BCUT2D eigenvalue weighted by atomic mass is 79.9. The summed E-state index contributed by atoms with van der Waals surface area (Å²) in [5.41, 5.74) is 0. The molecule has 0 aliphatic heterocycles. The van der Waals surface area contributed by atoms with Crippen LogP contribution in [-0.4, -0.2) is 14.8 Å². The summed E-state index contributed by atoms with van der Waals surface area (Å²) in [6, 6.07) is 0. The van der Waals surface area contributed by atoms with E-state index in [1.54, 1.807) is 0 Å². The zero-order valence-electron chi connectivity index (χ0n) is 8.96. The lowest BCUT2D eigenvalue weighted by molar-refractivity contribution is 0.606. The first-order chi connectivity index (χ1) is 6.83. The Kier molecular flexibility index (Phi) is 5.15. The Bertz CT molecular complexity index is 270. The van der Waals surface area contributed by atoms with Gasteiger partial charge in [-0.25, -0.2) is 0 Å². The van der Waals surface area contributed by atoms with Crippen LogP contribution in [0.5, 0.6) is 0 Å². The van der Waals surface area contributed by atoms with E-state index in [1.165, 1.54) is 12.8 Å². The molecule has 0 aliphatic carbocycles. The molecule has 0 fully saturated rings. The molecule has 14 heavy (non-hydrogen) atoms. The molecule has 4 heteroatoms. The summed E-state index contributed by atoms with van der Waals surface area (Å²) in [6.45, 7) is 5.42. The zero-order chi connectivity index (χ0) is 10.4. The summed E-state index contributed by atoms with van der Waals surface area (Å²) in [5.74, 6) is 2.20. The van der Waals surface area contributed by atoms with Crippen LogP contribution in [0.15, 0.2) is 0 Å². The molecule has 0 amide bonds. The number of alkyl halides is 1. The molecule has 0 saturated heterocycles. The van der Waals surface area contributed by atoms with Crippen molar-refractivity contribution in [2.24, 2.45) is 0 Å². The van der Waals surface area contributed by atoms with Gasteiger partial charge in [0.1, 0.15) is 11.6 Å². The molecule has 3 nitrogen and oxygen atoms in total. The highest BCUT2D eigenvalue weighted by Crippen LogP contribution is 2.09. The number of hydrogen-bond acceptors (Lipinski definition) is 2. The van der Waals surface area contributed by atoms with Crippen molar-refractivity contribution < 1.29 is 0 Å². The van der Waals surface area contributed by atoms with Crippen LogP contribution in [0.4, 0.5) is 0 Å². The van der Waals surface area contributed by atoms with Crippen LogP contribution in [0.1, 0.15) is 44.8 Å². The van der Waals surface area contributed by atoms with Gasteiger partial charge in [0.2, 0.25) is 0 Å². The lowest BCUT2D eigenvalue weighted by Crippen LogP contribution is -2.06. The Morgan fingerprint density at radius 2 is 1.86 bits per heavy atom. The van der Waals surface area contributed by atoms with Gasteiger partial charge in [0.05, 0.1) is 5.33 Å². The van der Waals surface area contributed by atoms with Gasteiger partial charge in [0.15, 0.2) is 0 Å². The van der Waals surface area contributed by atoms with Crippen LogP contribution in [0.25, 0.3) is 0 Å². The lowest BCUT2D eigenvalue weighted by Gasteiger charge is -2.06. The van der Waals surface area contributed by atoms with Gasteiger partial charge >= 0.3 is 0 Å². The number of nitrogens with zero attached hydrogens (tertiary/aromatic N) is 3. The average molecular weight is 260 g/mol. The molecule has 1 aromatic rings. The van der Waals surface area contributed by atoms with Crippen LogP contribution < -0.4 is 0 Å². The van der Waals surface area contributed by atoms with Gasteiger partial charge in [-0.1, -0.05) is 36.2 Å². The van der Waals surface area contributed by atoms with E-state index in [-0.39, 0.29) is 0 Å². The van der Waals surface area contributed by atoms with Crippen molar-refractivity contribution in [1.29, 1.82) is 0 Å². The minimum Gasteiger partial charge on any atom is -0.314 e. The van der Waals surface area contributed by atoms with Gasteiger partial charge in [-0.15, -0.1) is 10.2 Å². The predicted molar refractivity (Wildman–Crippen MR) is 61.6 cm³/mol. The first-order valence-electron chi connectivity index (χ1n) is 5.30. The Balaban J connectivity index is 2.75. The van der Waals surface area contributed by atoms with Crippen molar-refractivity contribution in [3.63, 3.8) is 0 Å². The molecule has 0 unspecified atom stereocenters. The van der Waals surface area contributed by atoms with Crippen molar-refractivity contribution in [2.75, 3.05) is 0 Å². The highest BCUT2D eigenvalue weighted by Gasteiger charge is 2.09. The first-order valence-corrected chi connectivity index (χ1v) is 6.42. The maximum atomic E-state index is 4.23. The van der Waals surface area contributed by atoms with Crippen LogP contribution in [0, 0.1) is 0 Å². The maximum Gasteiger partial charge on any atom is 0.143 e. The largest absolute Gasteiger partial charge is 0.314 e. The van der Waals surface area contributed by atoms with Crippen molar-refractivity contribution in [2.45, 2.75) is 51.4 Å². The number of aryl methyl sites for hydroxylation is 1. The molecule has 1 rings (SSSR count). The Morgan fingerprint density at radius 3 is 2.43 bits per heavy atom. The molecule has 1 heterocycles. The fraction of sp³-hybridized carbons (Fsp3) is 0.800. The molecular formula is C10H18BrN3. The zero-order valence-corrected chi connectivity index (χ0v) is 10.5. The predicted octanol–water partition coefficient (Wildman–Crippen LogP) is 2.93. The first kappa shape index (κ1) is 11.7. The van der Waals surface area contributed by atoms with E-state index in [1.807, 2.05) is 0 Å². The van der Waals surface area contributed by atoms with E-state index in [9.17, 15) is 0 Å². The van der Waals surface area contributed by atoms with E-state index in [4.69, 9.17) is 0 Å². The molecule has 0 atom stereocenters. The summed E-state index contributed by atoms with van der Waals surface area (Å²) < 4.78 is 2.24. The molecule has 0 saturated carbocycles. The third kappa shape index (κ3) is 2.80. The van der Waals surface area contributed by atoms with E-state index in [0.717, 1.165) is 36.4 Å². The lowest BCUT2D eigenvalue weighted by atomic mass is 10.2. The summed E-state index contributed by atoms with van der Waals surface area (Å²) in [5, 5.41) is 9.20. The van der Waals surface area contributed by atoms with Crippen LogP contribution in [0.2, 0.25) is 0 Å². The summed E-state index contributed by atoms with van der Waals surface area (Å²) in [4.78, 5) is 0. The number of unbranched alkanes of at least 4 members (excludes halogenated alkanes) is 1. The molecule has 1 aromatic heterocycles. The van der Waals surface area contributed by atoms with Gasteiger partial charge in [0.25, 0.3) is 0 Å². The standard InChI is InChI=1S/C10H18BrN3/c1-3-5-6-9-12-13-10(8-11)14(9)7-4-2/h3-8H2,1-2H3. The Morgan fingerprint density at radius 1 is 1.14 bits per heavy atom.